The maximum absolute atomic E-state index is 13.2. The average molecular weight is 395 g/mol. The second kappa shape index (κ2) is 8.01. The summed E-state index contributed by atoms with van der Waals surface area (Å²) < 4.78 is 33.0. The van der Waals surface area contributed by atoms with Crippen LogP contribution in [0.15, 0.2) is 18.2 Å². The number of amides is 1. The number of anilines is 3. The fourth-order valence-electron chi connectivity index (χ4n) is 3.39. The van der Waals surface area contributed by atoms with E-state index in [-0.39, 0.29) is 24.4 Å². The van der Waals surface area contributed by atoms with Crippen molar-refractivity contribution in [3.63, 3.8) is 0 Å². The molecule has 0 aliphatic carbocycles. The molecule has 0 saturated heterocycles. The summed E-state index contributed by atoms with van der Waals surface area (Å²) >= 11 is 0. The number of ether oxygens (including phenoxy) is 1. The summed E-state index contributed by atoms with van der Waals surface area (Å²) in [5.41, 5.74) is 7.62. The topological polar surface area (TPSA) is 96.9 Å². The van der Waals surface area contributed by atoms with Gasteiger partial charge in [-0.2, -0.15) is 5.10 Å². The number of carbonyl (C=O) groups is 1. The van der Waals surface area contributed by atoms with Gasteiger partial charge in [0.2, 0.25) is 0 Å². The summed E-state index contributed by atoms with van der Waals surface area (Å²) in [6.45, 7) is 0.967. The van der Waals surface area contributed by atoms with Gasteiger partial charge in [0.15, 0.2) is 5.82 Å². The smallest absolute Gasteiger partial charge is 0.409 e. The fourth-order valence-corrected chi connectivity index (χ4v) is 3.39. The first-order valence-corrected chi connectivity index (χ1v) is 8.81. The normalized spacial score (nSPS) is 13.6. The lowest BCUT2D eigenvalue weighted by atomic mass is 10.1. The zero-order chi connectivity index (χ0) is 20.4. The van der Waals surface area contributed by atoms with Crippen LogP contribution >= 0.6 is 0 Å². The third kappa shape index (κ3) is 3.59. The molecule has 1 aromatic heterocycles. The Morgan fingerprint density at radius 1 is 1.46 bits per heavy atom. The molecule has 28 heavy (non-hydrogen) atoms. The fraction of sp³-hybridized carbons (Fsp3) is 0.444. The van der Waals surface area contributed by atoms with Crippen LogP contribution in [0.5, 0.6) is 0 Å². The number of nitrogens with two attached hydrogens (primary N) is 1. The number of alkyl halides is 2. The van der Waals surface area contributed by atoms with Gasteiger partial charge in [-0.3, -0.25) is 4.68 Å². The van der Waals surface area contributed by atoms with E-state index >= 15 is 0 Å². The third-order valence-electron chi connectivity index (χ3n) is 4.87. The number of methoxy groups -OCH3 is 1. The Hall–Kier alpha value is -2.88. The van der Waals surface area contributed by atoms with Crippen LogP contribution in [-0.4, -0.2) is 53.2 Å². The number of hydrogen-bond acceptors (Lipinski definition) is 6. The van der Waals surface area contributed by atoms with Gasteiger partial charge in [-0.15, -0.1) is 0 Å². The number of aromatic nitrogens is 2. The van der Waals surface area contributed by atoms with Crippen molar-refractivity contribution in [3.05, 3.63) is 35.0 Å². The molecule has 0 unspecified atom stereocenters. The van der Waals surface area contributed by atoms with Gasteiger partial charge in [0.25, 0.3) is 6.43 Å². The second-order valence-corrected chi connectivity index (χ2v) is 6.51. The van der Waals surface area contributed by atoms with Crippen LogP contribution in [0.25, 0.3) is 0 Å². The Balaban J connectivity index is 2.02. The van der Waals surface area contributed by atoms with Crippen molar-refractivity contribution in [1.82, 2.24) is 14.7 Å². The Labute approximate surface area is 161 Å². The van der Waals surface area contributed by atoms with Crippen molar-refractivity contribution in [3.8, 4) is 0 Å². The number of nitrogen functional groups attached to an aromatic ring is 1. The minimum atomic E-state index is -2.69. The molecule has 0 fully saturated rings. The van der Waals surface area contributed by atoms with Crippen molar-refractivity contribution >= 4 is 23.3 Å². The van der Waals surface area contributed by atoms with Crippen molar-refractivity contribution < 1.29 is 23.4 Å². The van der Waals surface area contributed by atoms with E-state index in [1.165, 1.54) is 19.2 Å². The highest BCUT2D eigenvalue weighted by molar-refractivity contribution is 5.71. The van der Waals surface area contributed by atoms with Gasteiger partial charge in [-0.25, -0.2) is 13.6 Å². The van der Waals surface area contributed by atoms with E-state index in [2.05, 4.69) is 5.10 Å². The highest BCUT2D eigenvalue weighted by Crippen LogP contribution is 2.35. The molecule has 10 heteroatoms. The van der Waals surface area contributed by atoms with Gasteiger partial charge in [-0.1, -0.05) is 0 Å². The quantitative estimate of drug-likeness (QED) is 0.754. The van der Waals surface area contributed by atoms with E-state index in [0.29, 0.717) is 31.0 Å². The first-order chi connectivity index (χ1) is 13.4. The molecule has 1 aliphatic rings. The third-order valence-corrected chi connectivity index (χ3v) is 4.87. The Morgan fingerprint density at radius 2 is 2.21 bits per heavy atom. The molecule has 1 aromatic carbocycles. The van der Waals surface area contributed by atoms with Crippen molar-refractivity contribution in [2.45, 2.75) is 25.9 Å². The Kier molecular flexibility index (Phi) is 5.68. The van der Waals surface area contributed by atoms with E-state index in [1.54, 1.807) is 27.6 Å². The van der Waals surface area contributed by atoms with E-state index < -0.39 is 12.5 Å². The predicted octanol–water partition coefficient (Wildman–Crippen LogP) is 2.29. The molecule has 3 N–H and O–H groups in total. The largest absolute Gasteiger partial charge is 0.453 e. The van der Waals surface area contributed by atoms with Crippen LogP contribution in [0.2, 0.25) is 0 Å². The molecule has 0 spiro atoms. The first-order valence-electron chi connectivity index (χ1n) is 8.81. The highest BCUT2D eigenvalue weighted by Gasteiger charge is 2.29. The van der Waals surface area contributed by atoms with Gasteiger partial charge >= 0.3 is 6.09 Å². The molecule has 1 aliphatic heterocycles. The molecule has 3 rings (SSSR count). The Morgan fingerprint density at radius 3 is 2.86 bits per heavy atom. The average Bonchev–Trinajstić information content (AvgIpc) is 3.05. The zero-order valence-corrected chi connectivity index (χ0v) is 15.7. The van der Waals surface area contributed by atoms with Crippen molar-refractivity contribution in [1.29, 1.82) is 0 Å². The van der Waals surface area contributed by atoms with E-state index in [1.807, 2.05) is 0 Å². The number of benzene rings is 1. The summed E-state index contributed by atoms with van der Waals surface area (Å²) in [5.74, 6) is 0.530. The van der Waals surface area contributed by atoms with Crippen molar-refractivity contribution in [2.24, 2.45) is 0 Å². The van der Waals surface area contributed by atoms with Crippen LogP contribution < -0.4 is 10.6 Å². The lowest BCUT2D eigenvalue weighted by molar-refractivity contribution is 0.118. The number of hydrogen-bond donors (Lipinski definition) is 2. The second-order valence-electron chi connectivity index (χ2n) is 6.51. The van der Waals surface area contributed by atoms with Crippen LogP contribution in [0.4, 0.5) is 30.8 Å². The molecule has 0 atom stereocenters. The maximum atomic E-state index is 13.2. The lowest BCUT2D eigenvalue weighted by Crippen LogP contribution is -2.36. The van der Waals surface area contributed by atoms with Crippen LogP contribution in [0.3, 0.4) is 0 Å². The van der Waals surface area contributed by atoms with E-state index in [9.17, 15) is 18.7 Å². The van der Waals surface area contributed by atoms with Crippen molar-refractivity contribution in [2.75, 3.05) is 37.9 Å². The number of aliphatic hydroxyl groups excluding tert-OH is 1. The van der Waals surface area contributed by atoms with Gasteiger partial charge in [0.1, 0.15) is 0 Å². The number of halogens is 2. The molecule has 152 valence electrons. The molecular formula is C18H23F2N5O3. The molecule has 0 bridgehead atoms. The summed E-state index contributed by atoms with van der Waals surface area (Å²) in [6, 6.07) is 4.41. The van der Waals surface area contributed by atoms with Gasteiger partial charge in [-0.05, 0) is 18.2 Å². The minimum Gasteiger partial charge on any atom is -0.453 e. The number of fused-ring (bicyclic) bond motifs is 1. The standard InChI is InChI=1S/C18H23F2N5O3/c1-23(11-3-4-14(21)12(9-11)16(19)20)17-13-10-24(18(27)28-2)6-5-15(13)25(22-17)7-8-26/h3-4,9,16,26H,5-8,10,21H2,1-2H3. The van der Waals surface area contributed by atoms with Crippen LogP contribution in [0, 0.1) is 0 Å². The molecule has 8 nitrogen and oxygen atoms in total. The summed E-state index contributed by atoms with van der Waals surface area (Å²) in [4.78, 5) is 15.2. The van der Waals surface area contributed by atoms with Gasteiger partial charge < -0.3 is 25.4 Å². The van der Waals surface area contributed by atoms with Crippen LogP contribution in [-0.2, 0) is 24.2 Å². The number of rotatable bonds is 5. The molecule has 1 amide bonds. The molecule has 0 radical (unpaired) electrons. The van der Waals surface area contributed by atoms with Gasteiger partial charge in [0, 0.05) is 48.2 Å². The lowest BCUT2D eigenvalue weighted by Gasteiger charge is -2.28. The molecule has 0 saturated carbocycles. The van der Waals surface area contributed by atoms with E-state index in [4.69, 9.17) is 10.5 Å². The monoisotopic (exact) mass is 395 g/mol. The zero-order valence-electron chi connectivity index (χ0n) is 15.7. The first kappa shape index (κ1) is 19.9. The SMILES string of the molecule is COC(=O)N1CCc2c(c(N(C)c3ccc(N)c(C(F)F)c3)nn2CCO)C1. The summed E-state index contributed by atoms with van der Waals surface area (Å²) in [7, 11) is 3.03. The maximum Gasteiger partial charge on any atom is 0.409 e. The summed E-state index contributed by atoms with van der Waals surface area (Å²) in [5, 5.41) is 13.9. The molecule has 2 heterocycles. The van der Waals surface area contributed by atoms with Crippen LogP contribution in [0.1, 0.15) is 23.2 Å². The van der Waals surface area contributed by atoms with Gasteiger partial charge in [0.05, 0.1) is 26.8 Å². The number of carbonyl (C=O) groups excluding carboxylic acids is 1. The van der Waals surface area contributed by atoms with E-state index in [0.717, 1.165) is 11.3 Å². The Bertz CT molecular complexity index is 871. The predicted molar refractivity (Wildman–Crippen MR) is 99.7 cm³/mol. The molecular weight excluding hydrogens is 372 g/mol. The highest BCUT2D eigenvalue weighted by atomic mass is 19.3. The summed E-state index contributed by atoms with van der Waals surface area (Å²) in [6.07, 6.45) is -2.58. The number of nitrogens with zero attached hydrogens (tertiary/aromatic N) is 4. The number of aliphatic hydroxyl groups is 1. The molecule has 2 aromatic rings. The minimum absolute atomic E-state index is 0.0249.